The zero-order valence-corrected chi connectivity index (χ0v) is 9.06. The summed E-state index contributed by atoms with van der Waals surface area (Å²) in [6.07, 6.45) is 1.23. The van der Waals surface area contributed by atoms with Gasteiger partial charge in [0.1, 0.15) is 0 Å². The SMILES string of the molecule is N[C@@H](CCC(=O)O)C(=O)NCC(=O)NC[C]=O. The van der Waals surface area contributed by atoms with Crippen molar-refractivity contribution in [3.8, 4) is 0 Å². The highest BCUT2D eigenvalue weighted by atomic mass is 16.4. The van der Waals surface area contributed by atoms with Gasteiger partial charge in [-0.1, -0.05) is 0 Å². The van der Waals surface area contributed by atoms with Crippen LogP contribution in [0, 0.1) is 0 Å². The van der Waals surface area contributed by atoms with E-state index in [2.05, 4.69) is 10.6 Å². The molecule has 2 amide bonds. The number of nitrogens with one attached hydrogen (secondary N) is 2. The van der Waals surface area contributed by atoms with Crippen LogP contribution in [-0.2, 0) is 19.2 Å². The van der Waals surface area contributed by atoms with E-state index in [1.807, 2.05) is 0 Å². The van der Waals surface area contributed by atoms with Gasteiger partial charge < -0.3 is 21.5 Å². The Bertz CT molecular complexity index is 305. The largest absolute Gasteiger partial charge is 0.481 e. The van der Waals surface area contributed by atoms with E-state index in [9.17, 15) is 19.2 Å². The molecular weight excluding hydrogens is 230 g/mol. The van der Waals surface area contributed by atoms with Crippen molar-refractivity contribution in [3.05, 3.63) is 0 Å². The topological polar surface area (TPSA) is 139 Å². The molecule has 95 valence electrons. The molecule has 17 heavy (non-hydrogen) atoms. The maximum absolute atomic E-state index is 11.2. The first-order valence-corrected chi connectivity index (χ1v) is 4.84. The third-order valence-corrected chi connectivity index (χ3v) is 1.79. The van der Waals surface area contributed by atoms with E-state index in [1.54, 1.807) is 0 Å². The lowest BCUT2D eigenvalue weighted by atomic mass is 10.1. The fraction of sp³-hybridized carbons (Fsp3) is 0.556. The lowest BCUT2D eigenvalue weighted by Crippen LogP contribution is -2.45. The summed E-state index contributed by atoms with van der Waals surface area (Å²) in [5.74, 6) is -2.21. The minimum Gasteiger partial charge on any atom is -0.481 e. The second kappa shape index (κ2) is 8.22. The van der Waals surface area contributed by atoms with E-state index < -0.39 is 23.8 Å². The molecule has 1 atom stereocenters. The van der Waals surface area contributed by atoms with Gasteiger partial charge in [-0.05, 0) is 6.42 Å². The molecule has 0 bridgehead atoms. The predicted octanol–water partition coefficient (Wildman–Crippen LogP) is -2.48. The Morgan fingerprint density at radius 3 is 2.47 bits per heavy atom. The van der Waals surface area contributed by atoms with Crippen LogP contribution in [0.15, 0.2) is 0 Å². The Labute approximate surface area is 97.5 Å². The first-order valence-electron chi connectivity index (χ1n) is 4.84. The number of hydrogen-bond acceptors (Lipinski definition) is 5. The molecule has 0 unspecified atom stereocenters. The molecule has 1 radical (unpaired) electrons. The van der Waals surface area contributed by atoms with E-state index in [4.69, 9.17) is 10.8 Å². The van der Waals surface area contributed by atoms with Crippen LogP contribution < -0.4 is 16.4 Å². The average molecular weight is 244 g/mol. The highest BCUT2D eigenvalue weighted by molar-refractivity contribution is 5.88. The van der Waals surface area contributed by atoms with Gasteiger partial charge in [0.15, 0.2) is 0 Å². The first-order chi connectivity index (χ1) is 7.97. The summed E-state index contributed by atoms with van der Waals surface area (Å²) in [5, 5.41) is 12.8. The molecule has 0 aliphatic rings. The highest BCUT2D eigenvalue weighted by Crippen LogP contribution is 1.94. The maximum atomic E-state index is 11.2. The van der Waals surface area contributed by atoms with Crippen molar-refractivity contribution in [1.82, 2.24) is 10.6 Å². The van der Waals surface area contributed by atoms with Gasteiger partial charge in [0.25, 0.3) is 0 Å². The van der Waals surface area contributed by atoms with Crippen molar-refractivity contribution >= 4 is 24.1 Å². The summed E-state index contributed by atoms with van der Waals surface area (Å²) in [6, 6.07) is -0.975. The molecule has 0 heterocycles. The molecule has 0 aromatic carbocycles. The lowest BCUT2D eigenvalue weighted by molar-refractivity contribution is -0.137. The molecule has 0 saturated carbocycles. The zero-order chi connectivity index (χ0) is 13.3. The summed E-state index contributed by atoms with van der Waals surface area (Å²) in [5.41, 5.74) is 5.38. The minimum atomic E-state index is -1.05. The third-order valence-electron chi connectivity index (χ3n) is 1.79. The van der Waals surface area contributed by atoms with Crippen LogP contribution in [0.2, 0.25) is 0 Å². The van der Waals surface area contributed by atoms with E-state index >= 15 is 0 Å². The number of hydrogen-bond donors (Lipinski definition) is 4. The number of aliphatic carboxylic acids is 1. The van der Waals surface area contributed by atoms with Crippen LogP contribution in [0.1, 0.15) is 12.8 Å². The van der Waals surface area contributed by atoms with Crippen LogP contribution in [0.3, 0.4) is 0 Å². The van der Waals surface area contributed by atoms with Crippen molar-refractivity contribution in [1.29, 1.82) is 0 Å². The highest BCUT2D eigenvalue weighted by Gasteiger charge is 2.15. The van der Waals surface area contributed by atoms with Gasteiger partial charge in [-0.25, -0.2) is 0 Å². The van der Waals surface area contributed by atoms with Crippen molar-refractivity contribution < 1.29 is 24.3 Å². The number of carbonyl (C=O) groups excluding carboxylic acids is 3. The zero-order valence-electron chi connectivity index (χ0n) is 9.06. The predicted molar refractivity (Wildman–Crippen MR) is 56.6 cm³/mol. The molecule has 0 aromatic heterocycles. The molecule has 0 aliphatic carbocycles. The van der Waals surface area contributed by atoms with E-state index in [1.165, 1.54) is 6.29 Å². The van der Waals surface area contributed by atoms with Gasteiger partial charge >= 0.3 is 5.97 Å². The normalized spacial score (nSPS) is 11.4. The number of carbonyl (C=O) groups is 3. The van der Waals surface area contributed by atoms with Gasteiger partial charge in [0, 0.05) is 6.42 Å². The molecular formula is C9H14N3O5. The molecule has 0 aromatic rings. The van der Waals surface area contributed by atoms with E-state index in [0.717, 1.165) is 0 Å². The van der Waals surface area contributed by atoms with Crippen molar-refractivity contribution in [2.45, 2.75) is 18.9 Å². The molecule has 0 saturated heterocycles. The fourth-order valence-corrected chi connectivity index (χ4v) is 0.906. The second-order valence-electron chi connectivity index (χ2n) is 3.18. The Morgan fingerprint density at radius 1 is 1.29 bits per heavy atom. The quantitative estimate of drug-likeness (QED) is 0.373. The average Bonchev–Trinajstić information content (AvgIpc) is 2.29. The van der Waals surface area contributed by atoms with Crippen LogP contribution in [0.4, 0.5) is 0 Å². The number of rotatable bonds is 8. The Balaban J connectivity index is 3.80. The number of carboxylic acid groups (broad SMARTS) is 1. The summed E-state index contributed by atoms with van der Waals surface area (Å²) in [4.78, 5) is 42.2. The van der Waals surface area contributed by atoms with Gasteiger partial charge in [-0.3, -0.25) is 19.2 Å². The minimum absolute atomic E-state index is 0.00903. The molecule has 0 fully saturated rings. The van der Waals surface area contributed by atoms with Crippen LogP contribution in [0.5, 0.6) is 0 Å². The number of nitrogens with two attached hydrogens (primary N) is 1. The van der Waals surface area contributed by atoms with Crippen LogP contribution in [0.25, 0.3) is 0 Å². The van der Waals surface area contributed by atoms with Crippen molar-refractivity contribution in [2.75, 3.05) is 13.1 Å². The van der Waals surface area contributed by atoms with E-state index in [-0.39, 0.29) is 25.9 Å². The monoisotopic (exact) mass is 244 g/mol. The molecule has 8 nitrogen and oxygen atoms in total. The van der Waals surface area contributed by atoms with Crippen molar-refractivity contribution in [2.24, 2.45) is 5.73 Å². The maximum Gasteiger partial charge on any atom is 0.303 e. The van der Waals surface area contributed by atoms with Gasteiger partial charge in [-0.15, -0.1) is 0 Å². The first kappa shape index (κ1) is 15.0. The lowest BCUT2D eigenvalue weighted by Gasteiger charge is -2.10. The third kappa shape index (κ3) is 7.91. The molecule has 0 spiro atoms. The number of amides is 2. The fourth-order valence-electron chi connectivity index (χ4n) is 0.906. The Kier molecular flexibility index (Phi) is 7.27. The van der Waals surface area contributed by atoms with Gasteiger partial charge in [0.05, 0.1) is 19.1 Å². The van der Waals surface area contributed by atoms with Gasteiger partial charge in [-0.2, -0.15) is 0 Å². The number of carboxylic acids is 1. The summed E-state index contributed by atoms with van der Waals surface area (Å²) in [6.45, 7) is -0.568. The van der Waals surface area contributed by atoms with Crippen LogP contribution in [-0.4, -0.2) is 48.3 Å². The Morgan fingerprint density at radius 2 is 1.94 bits per heavy atom. The molecule has 8 heteroatoms. The summed E-state index contributed by atoms with van der Waals surface area (Å²) in [7, 11) is 0. The van der Waals surface area contributed by atoms with Gasteiger partial charge in [0.2, 0.25) is 18.1 Å². The second-order valence-corrected chi connectivity index (χ2v) is 3.18. The molecule has 0 rings (SSSR count). The van der Waals surface area contributed by atoms with Crippen LogP contribution >= 0.6 is 0 Å². The Hall–Kier alpha value is -1.96. The molecule has 5 N–H and O–H groups in total. The summed E-state index contributed by atoms with van der Waals surface area (Å²) < 4.78 is 0. The standard InChI is InChI=1S/C9H14N3O5/c10-6(1-2-8(15)16)9(17)12-5-7(14)11-3-4-13/h6H,1-3,5,10H2,(H,11,14)(H,12,17)(H,15,16)/t6-/m0/s1. The van der Waals surface area contributed by atoms with E-state index in [0.29, 0.717) is 0 Å². The van der Waals surface area contributed by atoms with Crippen molar-refractivity contribution in [3.63, 3.8) is 0 Å². The molecule has 0 aliphatic heterocycles. The smallest absolute Gasteiger partial charge is 0.303 e. The summed E-state index contributed by atoms with van der Waals surface area (Å²) >= 11 is 0.